The first-order valence-corrected chi connectivity index (χ1v) is 3.47. The number of benzene rings is 1. The van der Waals surface area contributed by atoms with Crippen LogP contribution in [0.3, 0.4) is 0 Å². The Hall–Kier alpha value is -2.04. The summed E-state index contributed by atoms with van der Waals surface area (Å²) >= 11 is 0. The van der Waals surface area contributed by atoms with Crippen LogP contribution in [0.1, 0.15) is 10.4 Å². The van der Waals surface area contributed by atoms with Crippen LogP contribution in [0.15, 0.2) is 24.3 Å². The molecule has 13 heavy (non-hydrogen) atoms. The molecule has 4 N–H and O–H groups in total. The maximum absolute atomic E-state index is 10.6. The maximum Gasteiger partial charge on any atom is 0.409 e. The van der Waals surface area contributed by atoms with E-state index in [2.05, 4.69) is 4.74 Å². The number of nitrogens with two attached hydrogens (primary N) is 2. The molecule has 0 saturated carbocycles. The van der Waals surface area contributed by atoms with Gasteiger partial charge in [0.15, 0.2) is 0 Å². The van der Waals surface area contributed by atoms with Crippen molar-refractivity contribution in [3.8, 4) is 5.75 Å². The number of hydrogen-bond donors (Lipinski definition) is 2. The van der Waals surface area contributed by atoms with Crippen molar-refractivity contribution in [2.75, 3.05) is 0 Å². The maximum atomic E-state index is 10.6. The zero-order valence-corrected chi connectivity index (χ0v) is 6.69. The van der Waals surface area contributed by atoms with Gasteiger partial charge in [0.05, 0.1) is 0 Å². The highest BCUT2D eigenvalue weighted by molar-refractivity contribution is 5.92. The van der Waals surface area contributed by atoms with E-state index in [1.165, 1.54) is 24.3 Å². The molecular formula is C8H8N2O3. The zero-order chi connectivity index (χ0) is 9.84. The van der Waals surface area contributed by atoms with Crippen LogP contribution in [0.4, 0.5) is 4.79 Å². The van der Waals surface area contributed by atoms with Crippen molar-refractivity contribution in [2.45, 2.75) is 0 Å². The van der Waals surface area contributed by atoms with Gasteiger partial charge in [-0.1, -0.05) is 0 Å². The molecule has 0 fully saturated rings. The number of primary amides is 2. The number of amides is 2. The van der Waals surface area contributed by atoms with Crippen molar-refractivity contribution < 1.29 is 14.3 Å². The Morgan fingerprint density at radius 1 is 1.08 bits per heavy atom. The fourth-order valence-corrected chi connectivity index (χ4v) is 0.803. The van der Waals surface area contributed by atoms with Crippen LogP contribution in [0.5, 0.6) is 5.75 Å². The Labute approximate surface area is 74.3 Å². The summed E-state index contributed by atoms with van der Waals surface area (Å²) in [5, 5.41) is 0. The summed E-state index contributed by atoms with van der Waals surface area (Å²) in [5.41, 5.74) is 10.1. The van der Waals surface area contributed by atoms with Crippen LogP contribution in [-0.2, 0) is 0 Å². The summed E-state index contributed by atoms with van der Waals surface area (Å²) in [4.78, 5) is 20.9. The number of carbonyl (C=O) groups excluding carboxylic acids is 2. The highest BCUT2D eigenvalue weighted by Crippen LogP contribution is 2.11. The quantitative estimate of drug-likeness (QED) is 0.682. The summed E-state index contributed by atoms with van der Waals surface area (Å²) in [6.45, 7) is 0. The summed E-state index contributed by atoms with van der Waals surface area (Å²) in [5.74, 6) is -0.261. The average molecular weight is 180 g/mol. The lowest BCUT2D eigenvalue weighted by Crippen LogP contribution is -2.16. The SMILES string of the molecule is NC(=O)Oc1ccc(C(N)=O)cc1. The molecule has 0 heterocycles. The molecule has 68 valence electrons. The van der Waals surface area contributed by atoms with Crippen LogP contribution in [-0.4, -0.2) is 12.0 Å². The van der Waals surface area contributed by atoms with Gasteiger partial charge < -0.3 is 16.2 Å². The molecule has 5 heteroatoms. The van der Waals surface area contributed by atoms with Crippen LogP contribution >= 0.6 is 0 Å². The molecule has 0 bridgehead atoms. The average Bonchev–Trinajstić information content (AvgIpc) is 2.04. The molecule has 2 amide bonds. The Bertz CT molecular complexity index is 332. The Morgan fingerprint density at radius 3 is 2.00 bits per heavy atom. The Kier molecular flexibility index (Phi) is 2.49. The minimum absolute atomic E-state index is 0.275. The van der Waals surface area contributed by atoms with E-state index in [0.29, 0.717) is 5.56 Å². The topological polar surface area (TPSA) is 95.4 Å². The first-order valence-electron chi connectivity index (χ1n) is 3.47. The molecule has 5 nitrogen and oxygen atoms in total. The minimum atomic E-state index is -0.896. The van der Waals surface area contributed by atoms with Crippen LogP contribution in [0.25, 0.3) is 0 Å². The third-order valence-electron chi connectivity index (χ3n) is 1.36. The molecule has 0 atom stereocenters. The summed E-state index contributed by atoms with van der Waals surface area (Å²) in [6, 6.07) is 5.76. The second kappa shape index (κ2) is 3.57. The Morgan fingerprint density at radius 2 is 1.62 bits per heavy atom. The molecule has 0 aliphatic heterocycles. The Balaban J connectivity index is 2.81. The minimum Gasteiger partial charge on any atom is -0.411 e. The van der Waals surface area contributed by atoms with E-state index in [-0.39, 0.29) is 5.75 Å². The van der Waals surface area contributed by atoms with Crippen LogP contribution in [0.2, 0.25) is 0 Å². The summed E-state index contributed by atoms with van der Waals surface area (Å²) in [7, 11) is 0. The normalized spacial score (nSPS) is 9.23. The number of ether oxygens (including phenoxy) is 1. The van der Waals surface area contributed by atoms with Crippen molar-refractivity contribution in [1.29, 1.82) is 0 Å². The number of carbonyl (C=O) groups is 2. The number of rotatable bonds is 2. The molecule has 1 aromatic carbocycles. The van der Waals surface area contributed by atoms with E-state index in [9.17, 15) is 9.59 Å². The van der Waals surface area contributed by atoms with Crippen molar-refractivity contribution in [3.63, 3.8) is 0 Å². The zero-order valence-electron chi connectivity index (χ0n) is 6.69. The number of hydrogen-bond acceptors (Lipinski definition) is 3. The third-order valence-corrected chi connectivity index (χ3v) is 1.36. The molecule has 0 saturated heterocycles. The highest BCUT2D eigenvalue weighted by atomic mass is 16.5. The highest BCUT2D eigenvalue weighted by Gasteiger charge is 2.01. The molecule has 1 rings (SSSR count). The van der Waals surface area contributed by atoms with E-state index in [0.717, 1.165) is 0 Å². The van der Waals surface area contributed by atoms with Gasteiger partial charge in [-0.05, 0) is 24.3 Å². The fourth-order valence-electron chi connectivity index (χ4n) is 0.803. The molecule has 0 aromatic heterocycles. The van der Waals surface area contributed by atoms with E-state index in [1.54, 1.807) is 0 Å². The lowest BCUT2D eigenvalue weighted by molar-refractivity contribution is 0.100. The van der Waals surface area contributed by atoms with Gasteiger partial charge in [0.2, 0.25) is 5.91 Å². The van der Waals surface area contributed by atoms with Crippen molar-refractivity contribution in [3.05, 3.63) is 29.8 Å². The predicted molar refractivity (Wildman–Crippen MR) is 45.2 cm³/mol. The van der Waals surface area contributed by atoms with Gasteiger partial charge >= 0.3 is 6.09 Å². The fraction of sp³-hybridized carbons (Fsp3) is 0. The van der Waals surface area contributed by atoms with Gasteiger partial charge in [0.1, 0.15) is 5.75 Å². The first kappa shape index (κ1) is 9.05. The smallest absolute Gasteiger partial charge is 0.409 e. The lowest BCUT2D eigenvalue weighted by Gasteiger charge is -2.00. The van der Waals surface area contributed by atoms with Crippen LogP contribution in [0, 0.1) is 0 Å². The third kappa shape index (κ3) is 2.48. The lowest BCUT2D eigenvalue weighted by atomic mass is 10.2. The van der Waals surface area contributed by atoms with Gasteiger partial charge in [0, 0.05) is 5.56 Å². The van der Waals surface area contributed by atoms with Gasteiger partial charge in [-0.25, -0.2) is 4.79 Å². The summed E-state index contributed by atoms with van der Waals surface area (Å²) in [6.07, 6.45) is -0.896. The molecule has 1 aromatic rings. The predicted octanol–water partition coefficient (Wildman–Crippen LogP) is 0.243. The molecule has 0 aliphatic carbocycles. The first-order chi connectivity index (χ1) is 6.09. The van der Waals surface area contributed by atoms with E-state index >= 15 is 0 Å². The molecule has 0 radical (unpaired) electrons. The largest absolute Gasteiger partial charge is 0.411 e. The van der Waals surface area contributed by atoms with Gasteiger partial charge in [-0.3, -0.25) is 4.79 Å². The molecule has 0 spiro atoms. The van der Waals surface area contributed by atoms with Crippen LogP contribution < -0.4 is 16.2 Å². The van der Waals surface area contributed by atoms with E-state index in [1.807, 2.05) is 0 Å². The van der Waals surface area contributed by atoms with Crippen molar-refractivity contribution in [1.82, 2.24) is 0 Å². The van der Waals surface area contributed by atoms with Crippen molar-refractivity contribution >= 4 is 12.0 Å². The second-order valence-electron chi connectivity index (χ2n) is 2.31. The standard InChI is InChI=1S/C8H8N2O3/c9-7(11)5-1-3-6(4-2-5)13-8(10)12/h1-4H,(H2,9,11)(H2,10,12). The summed E-state index contributed by atoms with van der Waals surface area (Å²) < 4.78 is 4.54. The molecule has 0 aliphatic rings. The van der Waals surface area contributed by atoms with Gasteiger partial charge in [-0.15, -0.1) is 0 Å². The van der Waals surface area contributed by atoms with Crippen molar-refractivity contribution in [2.24, 2.45) is 11.5 Å². The van der Waals surface area contributed by atoms with E-state index in [4.69, 9.17) is 11.5 Å². The molecule has 0 unspecified atom stereocenters. The monoisotopic (exact) mass is 180 g/mol. The van der Waals surface area contributed by atoms with Gasteiger partial charge in [-0.2, -0.15) is 0 Å². The second-order valence-corrected chi connectivity index (χ2v) is 2.31. The van der Waals surface area contributed by atoms with E-state index < -0.39 is 12.0 Å². The molecular weight excluding hydrogens is 172 g/mol. The van der Waals surface area contributed by atoms with Gasteiger partial charge in [0.25, 0.3) is 0 Å².